The second-order valence-corrected chi connectivity index (χ2v) is 12.4. The normalized spacial score (nSPS) is 21.0. The fourth-order valence-corrected chi connectivity index (χ4v) is 6.32. The average molecular weight is 713 g/mol. The van der Waals surface area contributed by atoms with Crippen molar-refractivity contribution in [1.29, 1.82) is 0 Å². The Kier molecular flexibility index (Phi) is 10.6. The van der Waals surface area contributed by atoms with Gasteiger partial charge in [0.25, 0.3) is 11.6 Å². The summed E-state index contributed by atoms with van der Waals surface area (Å²) in [5, 5.41) is 22.8. The summed E-state index contributed by atoms with van der Waals surface area (Å²) in [6.07, 6.45) is -1.83. The van der Waals surface area contributed by atoms with Crippen molar-refractivity contribution in [2.24, 2.45) is 5.92 Å². The van der Waals surface area contributed by atoms with E-state index < -0.39 is 57.9 Å². The maximum atomic E-state index is 14.3. The molecule has 10 nitrogen and oxygen atoms in total. The third-order valence-corrected chi connectivity index (χ3v) is 9.21. The number of nitro groups is 1. The number of aliphatic hydroxyl groups is 1. The van der Waals surface area contributed by atoms with Gasteiger partial charge < -0.3 is 24.8 Å². The molecule has 4 aromatic rings. The topological polar surface area (TPSA) is 117 Å². The molecule has 2 aliphatic heterocycles. The molecule has 2 saturated heterocycles. The average Bonchev–Trinajstić information content (AvgIpc) is 3.14. The summed E-state index contributed by atoms with van der Waals surface area (Å²) in [6, 6.07) is 19.7. The molecule has 0 radical (unpaired) electrons. The van der Waals surface area contributed by atoms with Crippen LogP contribution in [0.15, 0.2) is 72.8 Å². The molecule has 4 aromatic carbocycles. The van der Waals surface area contributed by atoms with Crippen LogP contribution in [0.2, 0.25) is 0 Å². The van der Waals surface area contributed by atoms with Gasteiger partial charge in [-0.15, -0.1) is 0 Å². The number of nitrogens with zero attached hydrogens (tertiary/aromatic N) is 3. The van der Waals surface area contributed by atoms with Crippen LogP contribution >= 0.6 is 0 Å². The molecule has 0 aromatic heterocycles. The molecule has 0 saturated carbocycles. The number of aliphatic hydroxyl groups excluding tert-OH is 1. The Labute approximate surface area is 289 Å². The molecule has 2 aliphatic rings. The SMILES string of the molecule is C[C@@H]1[C@H](CN2CCN(c3ccc([N+](=O)[O-])cc3)CC2)O[C@H](c2cccc(NC(=O)c3c(F)c(F)c(F)c(F)c3F)c2)O[C@@H]1c1ccc(CO)cc1. The monoisotopic (exact) mass is 712 g/mol. The Balaban J connectivity index is 1.21. The summed E-state index contributed by atoms with van der Waals surface area (Å²) >= 11 is 0. The number of hydrogen-bond donors (Lipinski definition) is 2. The molecule has 2 heterocycles. The molecule has 0 spiro atoms. The first kappa shape index (κ1) is 35.9. The van der Waals surface area contributed by atoms with Gasteiger partial charge in [-0.2, -0.15) is 0 Å². The van der Waals surface area contributed by atoms with E-state index in [1.165, 1.54) is 30.3 Å². The Morgan fingerprint density at radius 2 is 1.49 bits per heavy atom. The van der Waals surface area contributed by atoms with Gasteiger partial charge in [-0.25, -0.2) is 22.0 Å². The number of rotatable bonds is 9. The Hall–Kier alpha value is -4.96. The van der Waals surface area contributed by atoms with Crippen LogP contribution in [0.25, 0.3) is 0 Å². The van der Waals surface area contributed by atoms with Gasteiger partial charge >= 0.3 is 0 Å². The van der Waals surface area contributed by atoms with Gasteiger partial charge in [0, 0.05) is 67.7 Å². The Morgan fingerprint density at radius 1 is 0.863 bits per heavy atom. The van der Waals surface area contributed by atoms with E-state index in [9.17, 15) is 42.0 Å². The van der Waals surface area contributed by atoms with Gasteiger partial charge in [-0.1, -0.05) is 43.3 Å². The smallest absolute Gasteiger partial charge is 0.269 e. The molecule has 268 valence electrons. The van der Waals surface area contributed by atoms with Crippen LogP contribution in [0, 0.1) is 45.1 Å². The predicted molar refractivity (Wildman–Crippen MR) is 175 cm³/mol. The number of carbonyl (C=O) groups excluding carboxylic acids is 1. The lowest BCUT2D eigenvalue weighted by Gasteiger charge is -2.44. The van der Waals surface area contributed by atoms with Crippen molar-refractivity contribution in [3.05, 3.63) is 134 Å². The first-order valence-corrected chi connectivity index (χ1v) is 16.1. The van der Waals surface area contributed by atoms with E-state index in [0.29, 0.717) is 38.3 Å². The van der Waals surface area contributed by atoms with Crippen molar-refractivity contribution in [1.82, 2.24) is 4.90 Å². The van der Waals surface area contributed by atoms with Crippen LogP contribution in [-0.4, -0.2) is 59.7 Å². The zero-order chi connectivity index (χ0) is 36.4. The molecule has 0 bridgehead atoms. The Morgan fingerprint density at radius 3 is 2.10 bits per heavy atom. The van der Waals surface area contributed by atoms with E-state index >= 15 is 0 Å². The second-order valence-electron chi connectivity index (χ2n) is 12.4. The number of carbonyl (C=O) groups is 1. The van der Waals surface area contributed by atoms with Gasteiger partial charge in [-0.05, 0) is 35.4 Å². The van der Waals surface area contributed by atoms with Crippen LogP contribution in [0.1, 0.15) is 46.4 Å². The molecule has 0 aliphatic carbocycles. The molecule has 6 rings (SSSR count). The molecule has 15 heteroatoms. The molecule has 2 N–H and O–H groups in total. The number of non-ortho nitro benzene ring substituents is 1. The minimum atomic E-state index is -2.37. The molecular weight excluding hydrogens is 679 g/mol. The minimum Gasteiger partial charge on any atom is -0.392 e. The number of nitro benzene ring substituents is 1. The first-order valence-electron chi connectivity index (χ1n) is 16.1. The van der Waals surface area contributed by atoms with E-state index in [2.05, 4.69) is 15.1 Å². The molecule has 4 atom stereocenters. The van der Waals surface area contributed by atoms with Crippen LogP contribution < -0.4 is 10.2 Å². The van der Waals surface area contributed by atoms with E-state index in [0.717, 1.165) is 16.8 Å². The number of halogens is 5. The van der Waals surface area contributed by atoms with Gasteiger partial charge in [0.2, 0.25) is 5.82 Å². The van der Waals surface area contributed by atoms with Crippen LogP contribution in [0.4, 0.5) is 39.0 Å². The highest BCUT2D eigenvalue weighted by molar-refractivity contribution is 6.04. The number of ether oxygens (including phenoxy) is 2. The lowest BCUT2D eigenvalue weighted by atomic mass is 9.90. The third kappa shape index (κ3) is 7.56. The van der Waals surface area contributed by atoms with Crippen molar-refractivity contribution in [2.45, 2.75) is 32.0 Å². The molecule has 2 fully saturated rings. The maximum absolute atomic E-state index is 14.3. The number of amides is 1. The highest BCUT2D eigenvalue weighted by Gasteiger charge is 2.40. The number of nitrogens with one attached hydrogen (secondary N) is 1. The summed E-state index contributed by atoms with van der Waals surface area (Å²) in [7, 11) is 0. The fourth-order valence-electron chi connectivity index (χ4n) is 6.32. The lowest BCUT2D eigenvalue weighted by molar-refractivity contribution is -0.384. The molecule has 0 unspecified atom stereocenters. The van der Waals surface area contributed by atoms with Crippen LogP contribution in [0.5, 0.6) is 0 Å². The van der Waals surface area contributed by atoms with Crippen molar-refractivity contribution in [2.75, 3.05) is 42.9 Å². The number of piperazine rings is 1. The van der Waals surface area contributed by atoms with Gasteiger partial charge in [0.05, 0.1) is 23.7 Å². The standard InChI is InChI=1S/C36H33F5N4O6/c1-20-27(18-43-13-15-44(16-14-43)25-9-11-26(12-10-25)45(48)49)50-36(51-34(20)22-7-5-21(19-46)6-8-22)23-3-2-4-24(17-23)42-35(47)28-29(37)31(39)33(41)32(40)30(28)38/h2-12,17,20,27,34,36,46H,13-16,18-19H2,1H3,(H,42,47)/t20-,27+,34+,36+/m1/s1. The van der Waals surface area contributed by atoms with E-state index in [1.807, 2.05) is 19.1 Å². The van der Waals surface area contributed by atoms with E-state index in [4.69, 9.17) is 9.47 Å². The number of benzene rings is 4. The van der Waals surface area contributed by atoms with Gasteiger partial charge in [0.15, 0.2) is 29.6 Å². The predicted octanol–water partition coefficient (Wildman–Crippen LogP) is 6.65. The van der Waals surface area contributed by atoms with Crippen molar-refractivity contribution < 1.29 is 46.3 Å². The van der Waals surface area contributed by atoms with Gasteiger partial charge in [-0.3, -0.25) is 19.8 Å². The number of hydrogen-bond acceptors (Lipinski definition) is 8. The van der Waals surface area contributed by atoms with Crippen molar-refractivity contribution >= 4 is 23.0 Å². The Bertz CT molecular complexity index is 1880. The fraction of sp³-hybridized carbons (Fsp3) is 0.306. The third-order valence-electron chi connectivity index (χ3n) is 9.21. The van der Waals surface area contributed by atoms with Gasteiger partial charge in [0.1, 0.15) is 5.56 Å². The highest BCUT2D eigenvalue weighted by atomic mass is 19.2. The summed E-state index contributed by atoms with van der Waals surface area (Å²) in [4.78, 5) is 27.8. The zero-order valence-electron chi connectivity index (χ0n) is 27.2. The summed E-state index contributed by atoms with van der Waals surface area (Å²) < 4.78 is 82.7. The van der Waals surface area contributed by atoms with Crippen LogP contribution in [0.3, 0.4) is 0 Å². The molecule has 51 heavy (non-hydrogen) atoms. The summed E-state index contributed by atoms with van der Waals surface area (Å²) in [5.74, 6) is -13.0. The van der Waals surface area contributed by atoms with Crippen LogP contribution in [-0.2, 0) is 16.1 Å². The zero-order valence-corrected chi connectivity index (χ0v) is 27.2. The van der Waals surface area contributed by atoms with Crippen molar-refractivity contribution in [3.8, 4) is 0 Å². The molecule has 1 amide bonds. The largest absolute Gasteiger partial charge is 0.392 e. The lowest BCUT2D eigenvalue weighted by Crippen LogP contribution is -2.51. The highest BCUT2D eigenvalue weighted by Crippen LogP contribution is 2.42. The first-order chi connectivity index (χ1) is 24.4. The number of anilines is 2. The van der Waals surface area contributed by atoms with E-state index in [-0.39, 0.29) is 30.0 Å². The molecular formula is C36H33F5N4O6. The quantitative estimate of drug-likeness (QED) is 0.0652. The van der Waals surface area contributed by atoms with E-state index in [1.54, 1.807) is 30.3 Å². The summed E-state index contributed by atoms with van der Waals surface area (Å²) in [6.45, 7) is 5.11. The van der Waals surface area contributed by atoms with Crippen molar-refractivity contribution in [3.63, 3.8) is 0 Å². The summed E-state index contributed by atoms with van der Waals surface area (Å²) in [5.41, 5.74) is 1.25. The second kappa shape index (κ2) is 15.1. The maximum Gasteiger partial charge on any atom is 0.269 e. The minimum absolute atomic E-state index is 0.00460.